The Morgan fingerprint density at radius 3 is 2.91 bits per heavy atom. The van der Waals surface area contributed by atoms with Gasteiger partial charge in [0.1, 0.15) is 5.69 Å². The summed E-state index contributed by atoms with van der Waals surface area (Å²) in [7, 11) is 0. The number of amides is 1. The first-order chi connectivity index (χ1) is 11.1. The second-order valence-electron chi connectivity index (χ2n) is 5.19. The Kier molecular flexibility index (Phi) is 4.33. The lowest BCUT2D eigenvalue weighted by Crippen LogP contribution is -2.15. The van der Waals surface area contributed by atoms with Gasteiger partial charge in [0, 0.05) is 5.39 Å². The Bertz CT molecular complexity index is 855. The van der Waals surface area contributed by atoms with Crippen molar-refractivity contribution in [2.75, 3.05) is 11.1 Å². The summed E-state index contributed by atoms with van der Waals surface area (Å²) in [5.74, 6) is 0.989. The van der Waals surface area contributed by atoms with E-state index in [2.05, 4.69) is 25.7 Å². The van der Waals surface area contributed by atoms with Crippen LogP contribution in [0, 0.1) is 13.8 Å². The molecule has 0 atom stereocenters. The Morgan fingerprint density at radius 1 is 1.35 bits per heavy atom. The van der Waals surface area contributed by atoms with Gasteiger partial charge in [-0.3, -0.25) is 10.1 Å². The fourth-order valence-corrected chi connectivity index (χ4v) is 2.72. The zero-order valence-corrected chi connectivity index (χ0v) is 14.0. The van der Waals surface area contributed by atoms with E-state index in [0.29, 0.717) is 22.4 Å². The van der Waals surface area contributed by atoms with Gasteiger partial charge in [-0.1, -0.05) is 23.8 Å². The molecule has 3 rings (SSSR count). The number of anilines is 1. The highest BCUT2D eigenvalue weighted by Gasteiger charge is 2.15. The number of carbonyl (C=O) groups is 1. The lowest BCUT2D eigenvalue weighted by molar-refractivity contribution is -0.115. The molecule has 0 spiro atoms. The van der Waals surface area contributed by atoms with E-state index >= 15 is 0 Å². The van der Waals surface area contributed by atoms with Gasteiger partial charge < -0.3 is 4.52 Å². The molecule has 0 unspecified atom stereocenters. The van der Waals surface area contributed by atoms with Crippen LogP contribution >= 0.6 is 11.8 Å². The lowest BCUT2D eigenvalue weighted by atomic mass is 10.1. The number of carbonyl (C=O) groups excluding carboxylic acids is 1. The van der Waals surface area contributed by atoms with Crippen molar-refractivity contribution >= 4 is 34.6 Å². The normalized spacial score (nSPS) is 11.1. The minimum atomic E-state index is -0.220. The maximum Gasteiger partial charge on any atom is 0.232 e. The highest BCUT2D eigenvalue weighted by Crippen LogP contribution is 2.23. The number of hydrogen-bond acceptors (Lipinski definition) is 6. The van der Waals surface area contributed by atoms with Gasteiger partial charge in [0.25, 0.3) is 0 Å². The molecule has 0 aliphatic heterocycles. The molecule has 1 amide bonds. The van der Waals surface area contributed by atoms with Gasteiger partial charge in [0.2, 0.25) is 17.0 Å². The van der Waals surface area contributed by atoms with Gasteiger partial charge in [-0.05, 0) is 42.9 Å². The van der Waals surface area contributed by atoms with Gasteiger partial charge >= 0.3 is 0 Å². The molecule has 0 aliphatic carbocycles. The van der Waals surface area contributed by atoms with Crippen LogP contribution in [0.1, 0.15) is 23.7 Å². The minimum Gasteiger partial charge on any atom is -0.356 e. The molecule has 0 bridgehead atoms. The van der Waals surface area contributed by atoms with E-state index in [1.165, 1.54) is 11.8 Å². The third-order valence-electron chi connectivity index (χ3n) is 3.49. The summed E-state index contributed by atoms with van der Waals surface area (Å²) >= 11 is 1.50. The molecule has 3 aromatic rings. The van der Waals surface area contributed by atoms with E-state index in [0.717, 1.165) is 22.3 Å². The molecule has 0 aliphatic rings. The molecular weight excluding hydrogens is 314 g/mol. The third-order valence-corrected chi connectivity index (χ3v) is 4.21. The largest absolute Gasteiger partial charge is 0.356 e. The molecule has 0 fully saturated rings. The van der Waals surface area contributed by atoms with E-state index in [1.807, 2.05) is 32.9 Å². The molecule has 120 valence electrons. The number of H-pyrrole nitrogens is 1. The summed E-state index contributed by atoms with van der Waals surface area (Å²) in [6.45, 7) is 6.05. The maximum atomic E-state index is 12.2. The molecule has 7 nitrogen and oxygen atoms in total. The Hall–Kier alpha value is -2.35. The summed E-state index contributed by atoms with van der Waals surface area (Å²) in [6, 6.07) is 3.93. The molecule has 0 radical (unpaired) electrons. The van der Waals surface area contributed by atoms with Crippen molar-refractivity contribution in [3.05, 3.63) is 29.0 Å². The molecule has 8 heteroatoms. The monoisotopic (exact) mass is 331 g/mol. The first-order valence-corrected chi connectivity index (χ1v) is 8.26. The first kappa shape index (κ1) is 15.5. The van der Waals surface area contributed by atoms with Gasteiger partial charge in [-0.15, -0.1) is 5.10 Å². The zero-order valence-electron chi connectivity index (χ0n) is 13.1. The van der Waals surface area contributed by atoms with Gasteiger partial charge in [-0.25, -0.2) is 5.10 Å². The van der Waals surface area contributed by atoms with Crippen molar-refractivity contribution in [2.24, 2.45) is 0 Å². The molecular formula is C15H17N5O2S. The molecule has 0 saturated carbocycles. The number of hydrogen-bond donors (Lipinski definition) is 2. The van der Waals surface area contributed by atoms with Crippen LogP contribution in [0.4, 0.5) is 5.95 Å². The molecule has 2 N–H and O–H groups in total. The van der Waals surface area contributed by atoms with Crippen LogP contribution in [0.5, 0.6) is 0 Å². The summed E-state index contributed by atoms with van der Waals surface area (Å²) in [5, 5.41) is 14.9. The number of thioether (sulfide) groups is 1. The minimum absolute atomic E-state index is 0.118. The Balaban J connectivity index is 1.73. The number of aromatic amines is 1. The number of aromatic nitrogens is 4. The first-order valence-electron chi connectivity index (χ1n) is 7.27. The van der Waals surface area contributed by atoms with Crippen molar-refractivity contribution in [3.8, 4) is 0 Å². The predicted molar refractivity (Wildman–Crippen MR) is 88.6 cm³/mol. The van der Waals surface area contributed by atoms with Crippen LogP contribution < -0.4 is 5.32 Å². The highest BCUT2D eigenvalue weighted by molar-refractivity contribution is 7.99. The second-order valence-corrected chi connectivity index (χ2v) is 6.42. The van der Waals surface area contributed by atoms with Crippen molar-refractivity contribution < 1.29 is 9.32 Å². The average molecular weight is 331 g/mol. The summed E-state index contributed by atoms with van der Waals surface area (Å²) < 4.78 is 5.30. The van der Waals surface area contributed by atoms with Crippen molar-refractivity contribution in [2.45, 2.75) is 32.3 Å². The zero-order chi connectivity index (χ0) is 16.4. The highest BCUT2D eigenvalue weighted by atomic mass is 32.2. The summed E-state index contributed by atoms with van der Waals surface area (Å²) in [5.41, 5.74) is 3.58. The van der Waals surface area contributed by atoms with Crippen molar-refractivity contribution in [1.82, 2.24) is 20.3 Å². The van der Waals surface area contributed by atoms with Crippen LogP contribution in [-0.4, -0.2) is 32.0 Å². The van der Waals surface area contributed by atoms with Gasteiger partial charge in [0.15, 0.2) is 5.58 Å². The lowest BCUT2D eigenvalue weighted by Gasteiger charge is -2.01. The van der Waals surface area contributed by atoms with Gasteiger partial charge in [-0.2, -0.15) is 4.98 Å². The number of fused-ring (bicyclic) bond motifs is 1. The molecule has 2 aromatic heterocycles. The van der Waals surface area contributed by atoms with E-state index < -0.39 is 0 Å². The van der Waals surface area contributed by atoms with Crippen molar-refractivity contribution in [3.63, 3.8) is 0 Å². The van der Waals surface area contributed by atoms with Crippen LogP contribution in [0.3, 0.4) is 0 Å². The quantitative estimate of drug-likeness (QED) is 0.698. The maximum absolute atomic E-state index is 12.2. The fourth-order valence-electron chi connectivity index (χ4n) is 2.20. The summed E-state index contributed by atoms with van der Waals surface area (Å²) in [6.07, 6.45) is 0.118. The number of aryl methyl sites for hydroxylation is 2. The van der Waals surface area contributed by atoms with Crippen molar-refractivity contribution in [1.29, 1.82) is 0 Å². The van der Waals surface area contributed by atoms with Crippen LogP contribution in [0.25, 0.3) is 11.0 Å². The molecule has 0 saturated heterocycles. The summed E-state index contributed by atoms with van der Waals surface area (Å²) in [4.78, 5) is 16.3. The number of rotatable bonds is 5. The van der Waals surface area contributed by atoms with E-state index in [9.17, 15) is 4.79 Å². The average Bonchev–Trinajstić information content (AvgIpc) is 3.08. The Labute approximate surface area is 137 Å². The smallest absolute Gasteiger partial charge is 0.232 e. The van der Waals surface area contributed by atoms with E-state index in [-0.39, 0.29) is 12.3 Å². The van der Waals surface area contributed by atoms with Gasteiger partial charge in [0.05, 0.1) is 6.42 Å². The predicted octanol–water partition coefficient (Wildman–Crippen LogP) is 2.86. The number of nitrogens with one attached hydrogen (secondary N) is 2. The fraction of sp³-hybridized carbons (Fsp3) is 0.333. The number of benzene rings is 1. The molecule has 2 heterocycles. The van der Waals surface area contributed by atoms with E-state index in [1.54, 1.807) is 0 Å². The van der Waals surface area contributed by atoms with Crippen LogP contribution in [-0.2, 0) is 11.2 Å². The Morgan fingerprint density at radius 2 is 2.13 bits per heavy atom. The van der Waals surface area contributed by atoms with Crippen LogP contribution in [0.2, 0.25) is 0 Å². The second kappa shape index (κ2) is 6.41. The third kappa shape index (κ3) is 3.37. The molecule has 1 aromatic carbocycles. The van der Waals surface area contributed by atoms with Crippen LogP contribution in [0.15, 0.2) is 21.8 Å². The molecule has 23 heavy (non-hydrogen) atoms. The van der Waals surface area contributed by atoms with E-state index in [4.69, 9.17) is 4.52 Å². The standard InChI is InChI=1S/C15H17N5O2S/c1-4-23-15-17-14(18-19-15)16-13(21)7-11-10-5-8(2)9(3)6-12(10)22-20-11/h5-6H,4,7H2,1-3H3,(H2,16,17,18,19,21). The SMILES string of the molecule is CCSc1n[nH]c(NC(=O)Cc2noc3cc(C)c(C)cc23)n1. The number of nitrogens with zero attached hydrogens (tertiary/aromatic N) is 3. The topological polar surface area (TPSA) is 96.7 Å².